The number of rotatable bonds is 5. The Balaban J connectivity index is 1.23. The van der Waals surface area contributed by atoms with Crippen molar-refractivity contribution >= 4 is 55.2 Å². The Hall–Kier alpha value is -6.00. The highest BCUT2D eigenvalue weighted by Crippen LogP contribution is 2.35. The van der Waals surface area contributed by atoms with Gasteiger partial charge in [0.15, 0.2) is 5.84 Å². The van der Waals surface area contributed by atoms with Crippen LogP contribution < -0.4 is 5.32 Å². The lowest BCUT2D eigenvalue weighted by Gasteiger charge is -2.11. The molecule has 220 valence electrons. The molecule has 46 heavy (non-hydrogen) atoms. The number of nitrogens with zero attached hydrogens (tertiary/aromatic N) is 2. The van der Waals surface area contributed by atoms with Crippen molar-refractivity contribution in [1.29, 1.82) is 0 Å². The van der Waals surface area contributed by atoms with E-state index in [2.05, 4.69) is 121 Å². The lowest BCUT2D eigenvalue weighted by molar-refractivity contribution is 0.668. The zero-order valence-electron chi connectivity index (χ0n) is 25.4. The summed E-state index contributed by atoms with van der Waals surface area (Å²) < 4.78 is 6.29. The van der Waals surface area contributed by atoms with Crippen LogP contribution in [0.15, 0.2) is 166 Å². The first-order chi connectivity index (χ1) is 22.7. The fourth-order valence-electron chi connectivity index (χ4n) is 6.30. The van der Waals surface area contributed by atoms with Gasteiger partial charge in [0, 0.05) is 28.9 Å². The molecule has 8 rings (SSSR count). The Kier molecular flexibility index (Phi) is 7.08. The first-order valence-corrected chi connectivity index (χ1v) is 15.5. The maximum atomic E-state index is 6.29. The zero-order valence-corrected chi connectivity index (χ0v) is 25.4. The van der Waals surface area contributed by atoms with Gasteiger partial charge in [0.1, 0.15) is 17.0 Å². The van der Waals surface area contributed by atoms with Crippen molar-refractivity contribution in [2.24, 2.45) is 9.98 Å². The molecule has 0 saturated carbocycles. The Morgan fingerprint density at radius 3 is 2.13 bits per heavy atom. The molecule has 4 nitrogen and oxygen atoms in total. The molecule has 0 atom stereocenters. The summed E-state index contributed by atoms with van der Waals surface area (Å²) in [5.41, 5.74) is 7.11. The molecule has 0 spiro atoms. The molecule has 0 amide bonds. The summed E-state index contributed by atoms with van der Waals surface area (Å²) in [6, 6.07) is 52.6. The molecule has 1 aromatic heterocycles. The first kappa shape index (κ1) is 27.5. The average molecular weight is 594 g/mol. The third-order valence-corrected chi connectivity index (χ3v) is 8.59. The standard InChI is InChI=1S/C42H31N3O/c1-43-41(33-22-21-30-20-19-29-13-8-9-17-35(29)36(30)26-33)45-42(31-14-6-3-7-15-31)44-27-34-16-10-18-39-40(34)37-25-32(23-24-38(37)46-39)28-11-4-2-5-12-28/h2-26H,27H2,1H3,(H,43,44,45). The molecule has 0 bridgehead atoms. The minimum Gasteiger partial charge on any atom is -0.456 e. The molecular weight excluding hydrogens is 562 g/mol. The molecule has 0 aliphatic carbocycles. The van der Waals surface area contributed by atoms with Crippen molar-refractivity contribution in [3.05, 3.63) is 168 Å². The van der Waals surface area contributed by atoms with Crippen LogP contribution in [0, 0.1) is 0 Å². The molecule has 0 aliphatic rings. The Bertz CT molecular complexity index is 2420. The quantitative estimate of drug-likeness (QED) is 0.123. The minimum absolute atomic E-state index is 0.453. The van der Waals surface area contributed by atoms with E-state index in [4.69, 9.17) is 14.4 Å². The van der Waals surface area contributed by atoms with Gasteiger partial charge in [0.2, 0.25) is 0 Å². The van der Waals surface area contributed by atoms with Crippen LogP contribution in [0.2, 0.25) is 0 Å². The molecule has 4 heteroatoms. The number of fused-ring (bicyclic) bond motifs is 6. The van der Waals surface area contributed by atoms with Gasteiger partial charge >= 0.3 is 0 Å². The van der Waals surface area contributed by atoms with Crippen molar-refractivity contribution in [3.8, 4) is 11.1 Å². The van der Waals surface area contributed by atoms with Crippen molar-refractivity contribution in [3.63, 3.8) is 0 Å². The second kappa shape index (κ2) is 11.8. The topological polar surface area (TPSA) is 49.9 Å². The van der Waals surface area contributed by atoms with E-state index < -0.39 is 0 Å². The molecule has 0 unspecified atom stereocenters. The minimum atomic E-state index is 0.453. The van der Waals surface area contributed by atoms with Crippen LogP contribution >= 0.6 is 0 Å². The van der Waals surface area contributed by atoms with Crippen molar-refractivity contribution < 1.29 is 4.42 Å². The predicted molar refractivity (Wildman–Crippen MR) is 193 cm³/mol. The van der Waals surface area contributed by atoms with E-state index in [0.29, 0.717) is 12.4 Å². The van der Waals surface area contributed by atoms with E-state index in [1.165, 1.54) is 27.1 Å². The normalized spacial score (nSPS) is 12.4. The van der Waals surface area contributed by atoms with Crippen LogP contribution in [-0.4, -0.2) is 18.7 Å². The average Bonchev–Trinajstić information content (AvgIpc) is 3.51. The third-order valence-electron chi connectivity index (χ3n) is 8.59. The predicted octanol–water partition coefficient (Wildman–Crippen LogP) is 10.2. The lowest BCUT2D eigenvalue weighted by Crippen LogP contribution is -2.21. The molecule has 7 aromatic carbocycles. The molecule has 1 N–H and O–H groups in total. The van der Waals surface area contributed by atoms with Gasteiger partial charge in [-0.3, -0.25) is 4.99 Å². The number of furan rings is 1. The summed E-state index contributed by atoms with van der Waals surface area (Å²) in [6.07, 6.45) is 0. The molecule has 0 saturated heterocycles. The highest BCUT2D eigenvalue weighted by molar-refractivity contribution is 6.15. The fraction of sp³-hybridized carbons (Fsp3) is 0.0476. The number of nitrogens with one attached hydrogen (secondary N) is 1. The van der Waals surface area contributed by atoms with E-state index in [1.807, 2.05) is 43.4 Å². The zero-order chi connectivity index (χ0) is 30.9. The number of aliphatic imine (C=N–C) groups is 2. The number of amidine groups is 2. The van der Waals surface area contributed by atoms with Gasteiger partial charge in [-0.15, -0.1) is 0 Å². The van der Waals surface area contributed by atoms with E-state index >= 15 is 0 Å². The first-order valence-electron chi connectivity index (χ1n) is 15.5. The van der Waals surface area contributed by atoms with Crippen molar-refractivity contribution in [2.45, 2.75) is 6.54 Å². The maximum absolute atomic E-state index is 6.29. The van der Waals surface area contributed by atoms with Crippen molar-refractivity contribution in [2.75, 3.05) is 7.05 Å². The molecule has 0 radical (unpaired) electrons. The second-order valence-electron chi connectivity index (χ2n) is 11.4. The monoisotopic (exact) mass is 593 g/mol. The summed E-state index contributed by atoms with van der Waals surface area (Å²) in [6.45, 7) is 0.453. The lowest BCUT2D eigenvalue weighted by atomic mass is 9.99. The number of hydrogen-bond acceptors (Lipinski definition) is 2. The third kappa shape index (κ3) is 5.10. The molecule has 1 heterocycles. The van der Waals surface area contributed by atoms with Crippen LogP contribution in [0.3, 0.4) is 0 Å². The SMILES string of the molecule is CN/C(=N\C(=N/Cc1cccc2oc3ccc(-c4ccccc4)cc3c12)c1ccccc1)c1ccc2ccc3ccccc3c2c1. The van der Waals surface area contributed by atoms with Gasteiger partial charge in [-0.05, 0) is 62.5 Å². The van der Waals surface area contributed by atoms with Crippen LogP contribution in [0.1, 0.15) is 16.7 Å². The van der Waals surface area contributed by atoms with Crippen LogP contribution in [0.25, 0.3) is 54.6 Å². The molecule has 0 fully saturated rings. The summed E-state index contributed by atoms with van der Waals surface area (Å²) in [4.78, 5) is 10.3. The second-order valence-corrected chi connectivity index (χ2v) is 11.4. The molecule has 0 aliphatic heterocycles. The summed E-state index contributed by atoms with van der Waals surface area (Å²) in [5, 5.41) is 10.4. The molecular formula is C42H31N3O. The summed E-state index contributed by atoms with van der Waals surface area (Å²) >= 11 is 0. The van der Waals surface area contributed by atoms with Gasteiger partial charge < -0.3 is 9.73 Å². The highest BCUT2D eigenvalue weighted by Gasteiger charge is 2.14. The summed E-state index contributed by atoms with van der Waals surface area (Å²) in [7, 11) is 1.91. The van der Waals surface area contributed by atoms with Crippen LogP contribution in [-0.2, 0) is 6.54 Å². The number of benzene rings is 7. The number of hydrogen-bond donors (Lipinski definition) is 1. The van der Waals surface area contributed by atoms with Crippen LogP contribution in [0.4, 0.5) is 0 Å². The van der Waals surface area contributed by atoms with E-state index in [0.717, 1.165) is 50.0 Å². The van der Waals surface area contributed by atoms with Crippen LogP contribution in [0.5, 0.6) is 0 Å². The van der Waals surface area contributed by atoms with Gasteiger partial charge in [0.25, 0.3) is 0 Å². The Labute approximate surface area is 267 Å². The van der Waals surface area contributed by atoms with Gasteiger partial charge in [0.05, 0.1) is 6.54 Å². The summed E-state index contributed by atoms with van der Waals surface area (Å²) in [5.74, 6) is 1.43. The van der Waals surface area contributed by atoms with Gasteiger partial charge in [-0.2, -0.15) is 0 Å². The largest absolute Gasteiger partial charge is 0.456 e. The fourth-order valence-corrected chi connectivity index (χ4v) is 6.30. The maximum Gasteiger partial charge on any atom is 0.157 e. The Morgan fingerprint density at radius 1 is 0.565 bits per heavy atom. The molecule has 8 aromatic rings. The van der Waals surface area contributed by atoms with E-state index in [9.17, 15) is 0 Å². The smallest absolute Gasteiger partial charge is 0.157 e. The van der Waals surface area contributed by atoms with E-state index in [1.54, 1.807) is 0 Å². The van der Waals surface area contributed by atoms with Crippen molar-refractivity contribution in [1.82, 2.24) is 5.32 Å². The van der Waals surface area contributed by atoms with Gasteiger partial charge in [-0.25, -0.2) is 4.99 Å². The van der Waals surface area contributed by atoms with E-state index in [-0.39, 0.29) is 0 Å². The highest BCUT2D eigenvalue weighted by atomic mass is 16.3. The Morgan fingerprint density at radius 2 is 1.30 bits per heavy atom. The van der Waals surface area contributed by atoms with Gasteiger partial charge in [-0.1, -0.05) is 127 Å².